The number of aromatic nitrogens is 1. The van der Waals surface area contributed by atoms with Gasteiger partial charge in [-0.3, -0.25) is 9.78 Å². The van der Waals surface area contributed by atoms with Crippen LogP contribution < -0.4 is 9.80 Å². The molecule has 0 saturated carbocycles. The summed E-state index contributed by atoms with van der Waals surface area (Å²) in [6, 6.07) is 12.1. The molecule has 0 atom stereocenters. The lowest BCUT2D eigenvalue weighted by atomic mass is 10.1. The number of benzene rings is 1. The quantitative estimate of drug-likeness (QED) is 0.849. The van der Waals surface area contributed by atoms with Crippen LogP contribution in [-0.4, -0.2) is 24.5 Å². The number of hydrogen-bond donors (Lipinski definition) is 0. The van der Waals surface area contributed by atoms with Crippen LogP contribution >= 0.6 is 0 Å². The first kappa shape index (κ1) is 13.6. The molecule has 0 unspecified atom stereocenters. The smallest absolute Gasteiger partial charge is 0.246 e. The van der Waals surface area contributed by atoms with E-state index < -0.39 is 0 Å². The second kappa shape index (κ2) is 5.56. The van der Waals surface area contributed by atoms with Gasteiger partial charge in [-0.25, -0.2) is 0 Å². The van der Waals surface area contributed by atoms with Crippen molar-refractivity contribution in [3.8, 4) is 0 Å². The Bertz CT molecular complexity index is 669. The van der Waals surface area contributed by atoms with Crippen molar-refractivity contribution in [1.29, 1.82) is 0 Å². The normalized spacial score (nSPS) is 14.9. The second-order valence-electron chi connectivity index (χ2n) is 5.30. The Hall–Kier alpha value is -2.36. The summed E-state index contributed by atoms with van der Waals surface area (Å²) in [5, 5.41) is 0. The van der Waals surface area contributed by atoms with Crippen molar-refractivity contribution < 1.29 is 4.79 Å². The Morgan fingerprint density at radius 1 is 1.19 bits per heavy atom. The van der Waals surface area contributed by atoms with E-state index in [0.717, 1.165) is 30.0 Å². The van der Waals surface area contributed by atoms with E-state index in [1.165, 1.54) is 5.56 Å². The summed E-state index contributed by atoms with van der Waals surface area (Å²) >= 11 is 0. The lowest BCUT2D eigenvalue weighted by Gasteiger charge is -2.22. The minimum Gasteiger partial charge on any atom is -0.358 e. The molecular weight excluding hydrogens is 262 g/mol. The predicted octanol–water partition coefficient (Wildman–Crippen LogP) is 2.63. The number of amides is 1. The fraction of sp³-hybridized carbons (Fsp3) is 0.294. The van der Waals surface area contributed by atoms with Gasteiger partial charge < -0.3 is 9.80 Å². The molecule has 1 aliphatic rings. The molecule has 0 fully saturated rings. The van der Waals surface area contributed by atoms with Gasteiger partial charge in [0, 0.05) is 36.9 Å². The number of para-hydroxylation sites is 1. The van der Waals surface area contributed by atoms with Crippen molar-refractivity contribution in [3.05, 3.63) is 53.9 Å². The second-order valence-corrected chi connectivity index (χ2v) is 5.30. The Kier molecular flexibility index (Phi) is 3.60. The summed E-state index contributed by atoms with van der Waals surface area (Å²) < 4.78 is 0. The maximum atomic E-state index is 12.4. The monoisotopic (exact) mass is 281 g/mol. The number of rotatable bonds is 2. The van der Waals surface area contributed by atoms with Gasteiger partial charge in [-0.1, -0.05) is 25.1 Å². The number of pyridine rings is 1. The van der Waals surface area contributed by atoms with Crippen LogP contribution in [0.1, 0.15) is 18.2 Å². The summed E-state index contributed by atoms with van der Waals surface area (Å²) in [5.41, 5.74) is 4.27. The van der Waals surface area contributed by atoms with Crippen molar-refractivity contribution >= 4 is 17.3 Å². The summed E-state index contributed by atoms with van der Waals surface area (Å²) in [4.78, 5) is 20.6. The van der Waals surface area contributed by atoms with E-state index in [1.807, 2.05) is 37.5 Å². The highest BCUT2D eigenvalue weighted by atomic mass is 16.2. The molecule has 0 saturated heterocycles. The molecule has 1 aromatic carbocycles. The van der Waals surface area contributed by atoms with Crippen LogP contribution in [0.4, 0.5) is 11.4 Å². The third-order valence-electron chi connectivity index (χ3n) is 3.94. The molecule has 1 aliphatic heterocycles. The molecule has 21 heavy (non-hydrogen) atoms. The minimum absolute atomic E-state index is 0.106. The van der Waals surface area contributed by atoms with E-state index in [9.17, 15) is 4.79 Å². The van der Waals surface area contributed by atoms with E-state index in [0.29, 0.717) is 6.54 Å². The highest BCUT2D eigenvalue weighted by Crippen LogP contribution is 2.27. The van der Waals surface area contributed by atoms with Gasteiger partial charge in [0.15, 0.2) is 0 Å². The third kappa shape index (κ3) is 2.61. The Balaban J connectivity index is 1.99. The molecule has 4 heteroatoms. The van der Waals surface area contributed by atoms with E-state index in [1.54, 1.807) is 4.90 Å². The molecule has 1 aromatic heterocycles. The van der Waals surface area contributed by atoms with Crippen LogP contribution in [0.25, 0.3) is 0 Å². The van der Waals surface area contributed by atoms with E-state index in [4.69, 9.17) is 0 Å². The molecule has 0 bridgehead atoms. The van der Waals surface area contributed by atoms with Crippen LogP contribution in [0.15, 0.2) is 42.6 Å². The van der Waals surface area contributed by atoms with Crippen molar-refractivity contribution in [2.75, 3.05) is 23.4 Å². The summed E-state index contributed by atoms with van der Waals surface area (Å²) in [6.45, 7) is 3.21. The first-order valence-corrected chi connectivity index (χ1v) is 7.23. The fourth-order valence-corrected chi connectivity index (χ4v) is 2.68. The van der Waals surface area contributed by atoms with E-state index in [2.05, 4.69) is 28.9 Å². The zero-order valence-corrected chi connectivity index (χ0v) is 12.4. The Morgan fingerprint density at radius 3 is 2.81 bits per heavy atom. The average Bonchev–Trinajstić information content (AvgIpc) is 2.65. The lowest BCUT2D eigenvalue weighted by molar-refractivity contribution is -0.117. The third-order valence-corrected chi connectivity index (χ3v) is 3.94. The van der Waals surface area contributed by atoms with Gasteiger partial charge in [0.05, 0.1) is 6.54 Å². The molecule has 2 heterocycles. The number of likely N-dealkylation sites (N-methyl/N-ethyl adjacent to an activating group) is 1. The largest absolute Gasteiger partial charge is 0.358 e. The first-order chi connectivity index (χ1) is 10.2. The molecule has 0 N–H and O–H groups in total. The van der Waals surface area contributed by atoms with Gasteiger partial charge in [-0.05, 0) is 30.2 Å². The maximum Gasteiger partial charge on any atom is 0.246 e. The van der Waals surface area contributed by atoms with Crippen molar-refractivity contribution in [2.45, 2.75) is 19.9 Å². The Labute approximate surface area is 125 Å². The van der Waals surface area contributed by atoms with Crippen molar-refractivity contribution in [1.82, 2.24) is 4.98 Å². The zero-order valence-electron chi connectivity index (χ0n) is 12.4. The summed E-state index contributed by atoms with van der Waals surface area (Å²) in [5.74, 6) is 0.106. The number of fused-ring (bicyclic) bond motifs is 1. The highest BCUT2D eigenvalue weighted by molar-refractivity contribution is 5.97. The van der Waals surface area contributed by atoms with Crippen LogP contribution in [-0.2, 0) is 17.8 Å². The number of hydrogen-bond acceptors (Lipinski definition) is 3. The number of carbonyl (C=O) groups excluding carboxylic acids is 1. The molecule has 1 amide bonds. The van der Waals surface area contributed by atoms with Crippen molar-refractivity contribution in [2.24, 2.45) is 0 Å². The first-order valence-electron chi connectivity index (χ1n) is 7.23. The number of anilines is 2. The molecule has 108 valence electrons. The molecule has 0 spiro atoms. The van der Waals surface area contributed by atoms with Crippen LogP contribution in [0.3, 0.4) is 0 Å². The van der Waals surface area contributed by atoms with Gasteiger partial charge in [0.2, 0.25) is 5.91 Å². The van der Waals surface area contributed by atoms with E-state index >= 15 is 0 Å². The molecule has 3 rings (SSSR count). The summed E-state index contributed by atoms with van der Waals surface area (Å²) in [7, 11) is 1.84. The number of aryl methyl sites for hydroxylation is 1. The topological polar surface area (TPSA) is 36.4 Å². The van der Waals surface area contributed by atoms with Crippen molar-refractivity contribution in [3.63, 3.8) is 0 Å². The van der Waals surface area contributed by atoms with Gasteiger partial charge in [-0.15, -0.1) is 0 Å². The molecule has 4 nitrogen and oxygen atoms in total. The molecular formula is C17H19N3O. The molecule has 0 radical (unpaired) electrons. The van der Waals surface area contributed by atoms with Crippen LogP contribution in [0, 0.1) is 0 Å². The Morgan fingerprint density at radius 2 is 2.00 bits per heavy atom. The fourth-order valence-electron chi connectivity index (χ4n) is 2.68. The number of nitrogens with zero attached hydrogens (tertiary/aromatic N) is 3. The number of carbonyl (C=O) groups is 1. The van der Waals surface area contributed by atoms with Crippen LogP contribution in [0.5, 0.6) is 0 Å². The van der Waals surface area contributed by atoms with E-state index in [-0.39, 0.29) is 5.91 Å². The molecule has 2 aromatic rings. The van der Waals surface area contributed by atoms with Gasteiger partial charge in [0.1, 0.15) is 0 Å². The van der Waals surface area contributed by atoms with Crippen LogP contribution in [0.2, 0.25) is 0 Å². The maximum absolute atomic E-state index is 12.4. The van der Waals surface area contributed by atoms with Gasteiger partial charge >= 0.3 is 0 Å². The minimum atomic E-state index is 0.106. The zero-order chi connectivity index (χ0) is 14.8. The molecule has 0 aliphatic carbocycles. The summed E-state index contributed by atoms with van der Waals surface area (Å²) in [6.07, 6.45) is 2.71. The van der Waals surface area contributed by atoms with Gasteiger partial charge in [0.25, 0.3) is 0 Å². The SMILES string of the molecule is CCc1cc(N2CC(=O)N(C)c3ccccc3C2)ccn1. The standard InChI is InChI=1S/C17H19N3O/c1-3-14-10-15(8-9-18-14)20-11-13-6-4-5-7-16(13)19(2)17(21)12-20/h4-10H,3,11-12H2,1-2H3. The lowest BCUT2D eigenvalue weighted by Crippen LogP contribution is -2.35. The highest BCUT2D eigenvalue weighted by Gasteiger charge is 2.23. The predicted molar refractivity (Wildman–Crippen MR) is 84.5 cm³/mol. The van der Waals surface area contributed by atoms with Gasteiger partial charge in [-0.2, -0.15) is 0 Å². The average molecular weight is 281 g/mol.